The van der Waals surface area contributed by atoms with Crippen LogP contribution in [0.3, 0.4) is 0 Å². The summed E-state index contributed by atoms with van der Waals surface area (Å²) >= 11 is 0. The van der Waals surface area contributed by atoms with Crippen LogP contribution < -0.4 is 5.32 Å². The van der Waals surface area contributed by atoms with Gasteiger partial charge < -0.3 is 14.8 Å². The van der Waals surface area contributed by atoms with E-state index in [1.165, 1.54) is 0 Å². The third-order valence-electron chi connectivity index (χ3n) is 3.18. The fraction of sp³-hybridized carbons (Fsp3) is 0.125. The lowest BCUT2D eigenvalue weighted by atomic mass is 10.2. The number of fused-ring (bicyclic) bond motifs is 1. The molecule has 0 aliphatic carbocycles. The number of aryl methyl sites for hydroxylation is 1. The van der Waals surface area contributed by atoms with Gasteiger partial charge in [-0.1, -0.05) is 12.1 Å². The first-order valence-electron chi connectivity index (χ1n) is 6.64. The molecule has 5 heteroatoms. The van der Waals surface area contributed by atoms with E-state index in [0.29, 0.717) is 11.4 Å². The molecule has 0 aliphatic heterocycles. The highest BCUT2D eigenvalue weighted by Crippen LogP contribution is 2.23. The maximum Gasteiger partial charge on any atom is 0.230 e. The molecule has 0 radical (unpaired) electrons. The number of imidazole rings is 1. The molecule has 3 rings (SSSR count). The van der Waals surface area contributed by atoms with Crippen LogP contribution in [0.5, 0.6) is 5.75 Å². The Labute approximate surface area is 121 Å². The van der Waals surface area contributed by atoms with Crippen molar-refractivity contribution in [3.05, 3.63) is 60.0 Å². The van der Waals surface area contributed by atoms with Crippen molar-refractivity contribution in [2.75, 3.05) is 5.32 Å². The minimum absolute atomic E-state index is 0.0679. The highest BCUT2D eigenvalue weighted by Gasteiger charge is 2.10. The molecule has 3 aromatic rings. The molecule has 106 valence electrons. The topological polar surface area (TPSA) is 66.6 Å². The summed E-state index contributed by atoms with van der Waals surface area (Å²) in [6.45, 7) is 1.88. The summed E-state index contributed by atoms with van der Waals surface area (Å²) in [5.74, 6) is -0.143. The molecule has 1 amide bonds. The molecule has 0 fully saturated rings. The Hall–Kier alpha value is -2.82. The van der Waals surface area contributed by atoms with E-state index in [4.69, 9.17) is 0 Å². The van der Waals surface area contributed by atoms with Gasteiger partial charge in [0.15, 0.2) is 0 Å². The van der Waals surface area contributed by atoms with Gasteiger partial charge in [0.1, 0.15) is 11.4 Å². The van der Waals surface area contributed by atoms with Crippen molar-refractivity contribution in [1.82, 2.24) is 9.38 Å². The summed E-state index contributed by atoms with van der Waals surface area (Å²) in [6, 6.07) is 10.8. The third-order valence-corrected chi connectivity index (χ3v) is 3.18. The lowest BCUT2D eigenvalue weighted by Gasteiger charge is -2.07. The predicted octanol–water partition coefficient (Wildman–Crippen LogP) is 2.53. The van der Waals surface area contributed by atoms with Crippen molar-refractivity contribution in [3.8, 4) is 5.75 Å². The van der Waals surface area contributed by atoms with E-state index < -0.39 is 0 Å². The second-order valence-electron chi connectivity index (χ2n) is 4.94. The zero-order valence-corrected chi connectivity index (χ0v) is 11.6. The van der Waals surface area contributed by atoms with Gasteiger partial charge in [-0.15, -0.1) is 0 Å². The largest absolute Gasteiger partial charge is 0.506 e. The van der Waals surface area contributed by atoms with Crippen LogP contribution in [0.4, 0.5) is 5.69 Å². The van der Waals surface area contributed by atoms with Crippen LogP contribution in [0.15, 0.2) is 48.8 Å². The van der Waals surface area contributed by atoms with Gasteiger partial charge in [0.25, 0.3) is 0 Å². The van der Waals surface area contributed by atoms with Crippen LogP contribution >= 0.6 is 0 Å². The molecule has 0 bridgehead atoms. The van der Waals surface area contributed by atoms with Gasteiger partial charge in [0.2, 0.25) is 5.91 Å². The molecule has 2 N–H and O–H groups in total. The Morgan fingerprint density at radius 3 is 2.95 bits per heavy atom. The fourth-order valence-electron chi connectivity index (χ4n) is 2.18. The monoisotopic (exact) mass is 281 g/mol. The Morgan fingerprint density at radius 1 is 1.33 bits per heavy atom. The van der Waals surface area contributed by atoms with E-state index in [-0.39, 0.29) is 18.1 Å². The number of anilines is 1. The number of phenolic OH excluding ortho intramolecular Hbond substituents is 1. The number of carbonyl (C=O) groups excluding carboxylic acids is 1. The second-order valence-corrected chi connectivity index (χ2v) is 4.94. The first-order chi connectivity index (χ1) is 10.1. The maximum absolute atomic E-state index is 12.0. The molecular formula is C16H15N3O2. The first-order valence-corrected chi connectivity index (χ1v) is 6.64. The number of phenols is 1. The van der Waals surface area contributed by atoms with E-state index in [0.717, 1.165) is 11.2 Å². The lowest BCUT2D eigenvalue weighted by molar-refractivity contribution is -0.115. The number of hydrogen-bond donors (Lipinski definition) is 2. The molecule has 21 heavy (non-hydrogen) atoms. The van der Waals surface area contributed by atoms with Gasteiger partial charge >= 0.3 is 0 Å². The summed E-state index contributed by atoms with van der Waals surface area (Å²) in [7, 11) is 0. The van der Waals surface area contributed by atoms with Crippen molar-refractivity contribution in [2.45, 2.75) is 13.3 Å². The highest BCUT2D eigenvalue weighted by atomic mass is 16.3. The minimum atomic E-state index is -0.211. The van der Waals surface area contributed by atoms with Crippen LogP contribution in [0.25, 0.3) is 5.65 Å². The molecule has 2 heterocycles. The van der Waals surface area contributed by atoms with Crippen LogP contribution in [-0.4, -0.2) is 20.4 Å². The molecule has 0 aliphatic rings. The summed E-state index contributed by atoms with van der Waals surface area (Å²) in [5.41, 5.74) is 2.84. The van der Waals surface area contributed by atoms with Gasteiger partial charge in [0.05, 0.1) is 17.8 Å². The Morgan fingerprint density at radius 2 is 2.19 bits per heavy atom. The Balaban J connectivity index is 1.74. The first kappa shape index (κ1) is 13.2. The summed E-state index contributed by atoms with van der Waals surface area (Å²) < 4.78 is 1.87. The Kier molecular flexibility index (Phi) is 3.31. The van der Waals surface area contributed by atoms with Gasteiger partial charge in [-0.05, 0) is 36.8 Å². The van der Waals surface area contributed by atoms with Gasteiger partial charge in [-0.25, -0.2) is 4.98 Å². The van der Waals surface area contributed by atoms with Crippen LogP contribution in [0.2, 0.25) is 0 Å². The van der Waals surface area contributed by atoms with E-state index in [1.54, 1.807) is 12.1 Å². The van der Waals surface area contributed by atoms with E-state index in [9.17, 15) is 9.90 Å². The van der Waals surface area contributed by atoms with E-state index in [2.05, 4.69) is 10.3 Å². The summed E-state index contributed by atoms with van der Waals surface area (Å²) in [4.78, 5) is 16.4. The zero-order chi connectivity index (χ0) is 14.8. The number of amides is 1. The van der Waals surface area contributed by atoms with Crippen molar-refractivity contribution >= 4 is 17.2 Å². The average molecular weight is 281 g/mol. The molecule has 0 saturated carbocycles. The van der Waals surface area contributed by atoms with E-state index >= 15 is 0 Å². The Bertz CT molecular complexity index is 775. The molecule has 1 aromatic carbocycles. The molecule has 0 saturated heterocycles. The molecular weight excluding hydrogens is 266 g/mol. The highest BCUT2D eigenvalue weighted by molar-refractivity contribution is 5.93. The van der Waals surface area contributed by atoms with Gasteiger partial charge in [0, 0.05) is 12.4 Å². The molecule has 0 spiro atoms. The van der Waals surface area contributed by atoms with Crippen molar-refractivity contribution < 1.29 is 9.90 Å². The van der Waals surface area contributed by atoms with Crippen molar-refractivity contribution in [2.24, 2.45) is 0 Å². The molecule has 0 atom stereocenters. The maximum atomic E-state index is 12.0. The van der Waals surface area contributed by atoms with Crippen molar-refractivity contribution in [3.63, 3.8) is 0 Å². The normalized spacial score (nSPS) is 10.7. The number of aromatic hydroxyl groups is 1. The number of hydrogen-bond acceptors (Lipinski definition) is 3. The third kappa shape index (κ3) is 2.86. The number of rotatable bonds is 3. The van der Waals surface area contributed by atoms with Crippen LogP contribution in [0.1, 0.15) is 11.3 Å². The predicted molar refractivity (Wildman–Crippen MR) is 80.4 cm³/mol. The standard InChI is InChI=1S/C16H15N3O2/c1-11-5-6-13(14(20)8-11)18-16(21)9-12-10-19-7-3-2-4-15(19)17-12/h2-8,10,20H,9H2,1H3,(H,18,21). The number of nitrogens with one attached hydrogen (secondary N) is 1. The second kappa shape index (κ2) is 5.28. The number of nitrogens with zero attached hydrogens (tertiary/aromatic N) is 2. The molecule has 0 unspecified atom stereocenters. The smallest absolute Gasteiger partial charge is 0.230 e. The summed E-state index contributed by atoms with van der Waals surface area (Å²) in [6.07, 6.45) is 3.87. The lowest BCUT2D eigenvalue weighted by Crippen LogP contribution is -2.14. The van der Waals surface area contributed by atoms with Crippen molar-refractivity contribution in [1.29, 1.82) is 0 Å². The zero-order valence-electron chi connectivity index (χ0n) is 11.6. The fourth-order valence-corrected chi connectivity index (χ4v) is 2.18. The number of pyridine rings is 1. The average Bonchev–Trinajstić information content (AvgIpc) is 2.84. The summed E-state index contributed by atoms with van der Waals surface area (Å²) in [5, 5.41) is 12.5. The van der Waals surface area contributed by atoms with Crippen LogP contribution in [-0.2, 0) is 11.2 Å². The van der Waals surface area contributed by atoms with Gasteiger partial charge in [-0.3, -0.25) is 4.79 Å². The molecule has 2 aromatic heterocycles. The quantitative estimate of drug-likeness (QED) is 0.725. The number of carbonyl (C=O) groups is 1. The van der Waals surface area contributed by atoms with E-state index in [1.807, 2.05) is 48.0 Å². The number of aromatic nitrogens is 2. The number of benzene rings is 1. The minimum Gasteiger partial charge on any atom is -0.506 e. The van der Waals surface area contributed by atoms with Gasteiger partial charge in [-0.2, -0.15) is 0 Å². The SMILES string of the molecule is Cc1ccc(NC(=O)Cc2cn3ccccc3n2)c(O)c1. The van der Waals surface area contributed by atoms with Crippen LogP contribution in [0, 0.1) is 6.92 Å². The molecule has 5 nitrogen and oxygen atoms in total.